The van der Waals surface area contributed by atoms with E-state index in [1.54, 1.807) is 0 Å². The molecule has 3 N–H and O–H groups in total. The number of rotatable bonds is 6. The first-order valence-corrected chi connectivity index (χ1v) is 8.40. The van der Waals surface area contributed by atoms with Crippen molar-refractivity contribution < 1.29 is 4.79 Å². The monoisotopic (exact) mass is 281 g/mol. The fraction of sp³-hybridized carbons (Fsp3) is 0.938. The Bertz CT molecular complexity index is 300. The molecule has 1 amide bonds. The first kappa shape index (κ1) is 15.8. The van der Waals surface area contributed by atoms with E-state index in [1.807, 2.05) is 0 Å². The van der Waals surface area contributed by atoms with Crippen molar-refractivity contribution in [3.05, 3.63) is 0 Å². The molecule has 0 aromatic carbocycles. The quantitative estimate of drug-likeness (QED) is 0.694. The SMILES string of the molecule is CC(C)CNC(=O)CNC1CCCCC1C1CCCN1. The maximum Gasteiger partial charge on any atom is 0.233 e. The highest BCUT2D eigenvalue weighted by Gasteiger charge is 2.33. The van der Waals surface area contributed by atoms with Gasteiger partial charge in [-0.2, -0.15) is 0 Å². The highest BCUT2D eigenvalue weighted by Crippen LogP contribution is 2.30. The van der Waals surface area contributed by atoms with Gasteiger partial charge < -0.3 is 16.0 Å². The Balaban J connectivity index is 1.75. The third-order valence-corrected chi connectivity index (χ3v) is 4.67. The highest BCUT2D eigenvalue weighted by molar-refractivity contribution is 5.78. The molecule has 1 saturated heterocycles. The van der Waals surface area contributed by atoms with Gasteiger partial charge in [0.1, 0.15) is 0 Å². The topological polar surface area (TPSA) is 53.2 Å². The molecular formula is C16H31N3O. The smallest absolute Gasteiger partial charge is 0.233 e. The van der Waals surface area contributed by atoms with Crippen molar-refractivity contribution in [1.29, 1.82) is 0 Å². The van der Waals surface area contributed by atoms with E-state index in [0.717, 1.165) is 6.54 Å². The van der Waals surface area contributed by atoms with Gasteiger partial charge >= 0.3 is 0 Å². The van der Waals surface area contributed by atoms with Gasteiger partial charge in [-0.25, -0.2) is 0 Å². The molecular weight excluding hydrogens is 250 g/mol. The molecule has 1 heterocycles. The second-order valence-electron chi connectivity index (χ2n) is 6.84. The van der Waals surface area contributed by atoms with E-state index in [9.17, 15) is 4.79 Å². The Hall–Kier alpha value is -0.610. The van der Waals surface area contributed by atoms with Gasteiger partial charge in [0.2, 0.25) is 5.91 Å². The van der Waals surface area contributed by atoms with Crippen LogP contribution in [0.5, 0.6) is 0 Å². The van der Waals surface area contributed by atoms with Crippen molar-refractivity contribution in [2.24, 2.45) is 11.8 Å². The third kappa shape index (κ3) is 4.74. The molecule has 20 heavy (non-hydrogen) atoms. The predicted molar refractivity (Wildman–Crippen MR) is 82.6 cm³/mol. The summed E-state index contributed by atoms with van der Waals surface area (Å²) in [7, 11) is 0. The average Bonchev–Trinajstić information content (AvgIpc) is 2.97. The van der Waals surface area contributed by atoms with Gasteiger partial charge in [0.25, 0.3) is 0 Å². The zero-order valence-electron chi connectivity index (χ0n) is 13.1. The van der Waals surface area contributed by atoms with Crippen molar-refractivity contribution in [2.75, 3.05) is 19.6 Å². The first-order chi connectivity index (χ1) is 9.66. The minimum absolute atomic E-state index is 0.141. The maximum absolute atomic E-state index is 11.8. The molecule has 1 aliphatic heterocycles. The molecule has 0 bridgehead atoms. The Kier molecular flexibility index (Phi) is 6.30. The average molecular weight is 281 g/mol. The normalized spacial score (nSPS) is 30.6. The second kappa shape index (κ2) is 7.99. The van der Waals surface area contributed by atoms with Crippen molar-refractivity contribution >= 4 is 5.91 Å². The van der Waals surface area contributed by atoms with Gasteiger partial charge in [-0.05, 0) is 44.1 Å². The van der Waals surface area contributed by atoms with E-state index >= 15 is 0 Å². The first-order valence-electron chi connectivity index (χ1n) is 8.40. The van der Waals surface area contributed by atoms with Crippen LogP contribution < -0.4 is 16.0 Å². The number of hydrogen-bond acceptors (Lipinski definition) is 3. The molecule has 4 nitrogen and oxygen atoms in total. The minimum atomic E-state index is 0.141. The molecule has 3 unspecified atom stereocenters. The van der Waals surface area contributed by atoms with Crippen molar-refractivity contribution in [1.82, 2.24) is 16.0 Å². The van der Waals surface area contributed by atoms with Crippen LogP contribution in [0.1, 0.15) is 52.4 Å². The summed E-state index contributed by atoms with van der Waals surface area (Å²) in [5, 5.41) is 10.2. The summed E-state index contributed by atoms with van der Waals surface area (Å²) in [4.78, 5) is 11.8. The summed E-state index contributed by atoms with van der Waals surface area (Å²) in [5.74, 6) is 1.37. The Morgan fingerprint density at radius 2 is 2.00 bits per heavy atom. The third-order valence-electron chi connectivity index (χ3n) is 4.67. The molecule has 0 spiro atoms. The summed E-state index contributed by atoms with van der Waals surface area (Å²) >= 11 is 0. The van der Waals surface area contributed by atoms with Gasteiger partial charge in [-0.1, -0.05) is 26.7 Å². The van der Waals surface area contributed by atoms with E-state index in [0.29, 0.717) is 30.5 Å². The Morgan fingerprint density at radius 1 is 1.20 bits per heavy atom. The van der Waals surface area contributed by atoms with Crippen LogP contribution >= 0.6 is 0 Å². The van der Waals surface area contributed by atoms with E-state index in [1.165, 1.54) is 45.1 Å². The van der Waals surface area contributed by atoms with Crippen LogP contribution in [0.15, 0.2) is 0 Å². The molecule has 0 aromatic heterocycles. The lowest BCUT2D eigenvalue weighted by Crippen LogP contribution is -2.49. The standard InChI is InChI=1S/C16H31N3O/c1-12(2)10-19-16(20)11-18-15-7-4-3-6-13(15)14-8-5-9-17-14/h12-15,17-18H,3-11H2,1-2H3,(H,19,20). The van der Waals surface area contributed by atoms with Crippen molar-refractivity contribution in [2.45, 2.75) is 64.5 Å². The van der Waals surface area contributed by atoms with Crippen molar-refractivity contribution in [3.8, 4) is 0 Å². The zero-order chi connectivity index (χ0) is 14.4. The van der Waals surface area contributed by atoms with Crippen molar-refractivity contribution in [3.63, 3.8) is 0 Å². The fourth-order valence-electron chi connectivity index (χ4n) is 3.58. The maximum atomic E-state index is 11.8. The van der Waals surface area contributed by atoms with Crippen LogP contribution in [0.3, 0.4) is 0 Å². The minimum Gasteiger partial charge on any atom is -0.355 e. The summed E-state index contributed by atoms with van der Waals surface area (Å²) in [6.45, 7) is 6.66. The largest absolute Gasteiger partial charge is 0.355 e. The summed E-state index contributed by atoms with van der Waals surface area (Å²) in [6, 6.07) is 1.19. The molecule has 0 radical (unpaired) electrons. The summed E-state index contributed by atoms with van der Waals surface area (Å²) < 4.78 is 0. The van der Waals surface area contributed by atoms with E-state index in [4.69, 9.17) is 0 Å². The number of carbonyl (C=O) groups excluding carboxylic acids is 1. The Morgan fingerprint density at radius 3 is 2.70 bits per heavy atom. The molecule has 2 fully saturated rings. The lowest BCUT2D eigenvalue weighted by Gasteiger charge is -2.36. The fourth-order valence-corrected chi connectivity index (χ4v) is 3.58. The van der Waals surface area contributed by atoms with Gasteiger partial charge in [0.15, 0.2) is 0 Å². The van der Waals surface area contributed by atoms with Gasteiger partial charge in [-0.3, -0.25) is 4.79 Å². The summed E-state index contributed by atoms with van der Waals surface area (Å²) in [6.07, 6.45) is 7.80. The molecule has 1 aliphatic carbocycles. The number of amides is 1. The molecule has 116 valence electrons. The van der Waals surface area contributed by atoms with Gasteiger partial charge in [-0.15, -0.1) is 0 Å². The highest BCUT2D eigenvalue weighted by atomic mass is 16.1. The lowest BCUT2D eigenvalue weighted by molar-refractivity contribution is -0.120. The molecule has 3 atom stereocenters. The van der Waals surface area contributed by atoms with Crippen LogP contribution in [0.2, 0.25) is 0 Å². The molecule has 2 rings (SSSR count). The molecule has 0 aromatic rings. The Labute approximate surface area is 123 Å². The predicted octanol–water partition coefficient (Wildman–Crippen LogP) is 1.66. The second-order valence-corrected chi connectivity index (χ2v) is 6.84. The number of hydrogen-bond donors (Lipinski definition) is 3. The van der Waals surface area contributed by atoms with Crippen LogP contribution in [-0.2, 0) is 4.79 Å². The molecule has 4 heteroatoms. The van der Waals surface area contributed by atoms with Gasteiger partial charge in [0.05, 0.1) is 6.54 Å². The van der Waals surface area contributed by atoms with Crippen LogP contribution in [0.4, 0.5) is 0 Å². The van der Waals surface area contributed by atoms with Crippen LogP contribution in [0.25, 0.3) is 0 Å². The zero-order valence-corrected chi connectivity index (χ0v) is 13.1. The van der Waals surface area contributed by atoms with Crippen LogP contribution in [-0.4, -0.2) is 37.6 Å². The lowest BCUT2D eigenvalue weighted by atomic mass is 9.79. The van der Waals surface area contributed by atoms with Gasteiger partial charge in [0, 0.05) is 18.6 Å². The molecule has 2 aliphatic rings. The van der Waals surface area contributed by atoms with Crippen LogP contribution in [0, 0.1) is 11.8 Å². The summed E-state index contributed by atoms with van der Waals surface area (Å²) in [5.41, 5.74) is 0. The number of nitrogens with one attached hydrogen (secondary N) is 3. The van der Waals surface area contributed by atoms with E-state index < -0.39 is 0 Å². The van der Waals surface area contributed by atoms with E-state index in [2.05, 4.69) is 29.8 Å². The number of carbonyl (C=O) groups is 1. The molecule has 1 saturated carbocycles. The van der Waals surface area contributed by atoms with E-state index in [-0.39, 0.29) is 5.91 Å².